The molecule has 1 aliphatic rings. The largest absolute Gasteiger partial charge is 0.383 e. The van der Waals surface area contributed by atoms with Crippen molar-refractivity contribution in [3.63, 3.8) is 0 Å². The highest BCUT2D eigenvalue weighted by Gasteiger charge is 2.11. The maximum absolute atomic E-state index is 3.56. The fourth-order valence-corrected chi connectivity index (χ4v) is 2.42. The molecule has 1 fully saturated rings. The van der Waals surface area contributed by atoms with Crippen LogP contribution in [-0.4, -0.2) is 19.1 Å². The summed E-state index contributed by atoms with van der Waals surface area (Å²) in [6, 6.07) is 7.30. The summed E-state index contributed by atoms with van der Waals surface area (Å²) in [7, 11) is 0. The van der Waals surface area contributed by atoms with E-state index < -0.39 is 0 Å². The summed E-state index contributed by atoms with van der Waals surface area (Å²) >= 11 is 0. The molecule has 0 aliphatic carbocycles. The first-order valence-corrected chi connectivity index (χ1v) is 6.29. The smallest absolute Gasteiger partial charge is 0.0346 e. The molecule has 0 aromatic heterocycles. The number of piperidine rings is 1. The Kier molecular flexibility index (Phi) is 3.83. The molecule has 1 aromatic carbocycles. The zero-order valence-corrected chi connectivity index (χ0v) is 10.3. The highest BCUT2D eigenvalue weighted by Crippen LogP contribution is 2.14. The minimum Gasteiger partial charge on any atom is -0.383 e. The third kappa shape index (κ3) is 3.24. The Hall–Kier alpha value is -1.02. The molecule has 16 heavy (non-hydrogen) atoms. The van der Waals surface area contributed by atoms with Gasteiger partial charge in [0.1, 0.15) is 0 Å². The van der Waals surface area contributed by atoms with E-state index in [1.54, 1.807) is 0 Å². The molecule has 0 saturated carbocycles. The first-order chi connectivity index (χ1) is 7.74. The molecular weight excluding hydrogens is 196 g/mol. The highest BCUT2D eigenvalue weighted by atomic mass is 15.0. The predicted molar refractivity (Wildman–Crippen MR) is 70.0 cm³/mol. The van der Waals surface area contributed by atoms with Gasteiger partial charge in [0.15, 0.2) is 0 Å². The molecule has 2 rings (SSSR count). The molecule has 1 heterocycles. The molecular formula is C14H22N2. The summed E-state index contributed by atoms with van der Waals surface area (Å²) in [4.78, 5) is 0. The van der Waals surface area contributed by atoms with Gasteiger partial charge in [-0.25, -0.2) is 0 Å². The lowest BCUT2D eigenvalue weighted by Crippen LogP contribution is -2.39. The third-order valence-corrected chi connectivity index (χ3v) is 3.19. The lowest BCUT2D eigenvalue weighted by atomic mass is 10.0. The van der Waals surface area contributed by atoms with E-state index in [0.29, 0.717) is 6.04 Å². The van der Waals surface area contributed by atoms with Gasteiger partial charge in [-0.05, 0) is 56.5 Å². The number of hydrogen-bond acceptors (Lipinski definition) is 2. The molecule has 2 N–H and O–H groups in total. The quantitative estimate of drug-likeness (QED) is 0.815. The zero-order chi connectivity index (χ0) is 11.4. The number of rotatable bonds is 3. The fourth-order valence-electron chi connectivity index (χ4n) is 2.42. The Bertz CT molecular complexity index is 320. The Morgan fingerprint density at radius 1 is 1.19 bits per heavy atom. The van der Waals surface area contributed by atoms with Gasteiger partial charge in [0.2, 0.25) is 0 Å². The van der Waals surface area contributed by atoms with Crippen LogP contribution in [0.25, 0.3) is 0 Å². The van der Waals surface area contributed by atoms with Gasteiger partial charge in [-0.2, -0.15) is 0 Å². The van der Waals surface area contributed by atoms with Crippen molar-refractivity contribution in [1.82, 2.24) is 5.32 Å². The summed E-state index contributed by atoms with van der Waals surface area (Å²) in [6.07, 6.45) is 4.00. The van der Waals surface area contributed by atoms with Crippen molar-refractivity contribution >= 4 is 5.69 Å². The van der Waals surface area contributed by atoms with Crippen molar-refractivity contribution in [2.45, 2.75) is 39.2 Å². The van der Waals surface area contributed by atoms with Gasteiger partial charge in [-0.15, -0.1) is 0 Å². The number of aryl methyl sites for hydroxylation is 2. The van der Waals surface area contributed by atoms with Crippen molar-refractivity contribution in [2.75, 3.05) is 18.4 Å². The summed E-state index contributed by atoms with van der Waals surface area (Å²) in [5.41, 5.74) is 3.92. The van der Waals surface area contributed by atoms with E-state index in [0.717, 1.165) is 6.54 Å². The van der Waals surface area contributed by atoms with Crippen LogP contribution in [0.15, 0.2) is 18.2 Å². The predicted octanol–water partition coefficient (Wildman–Crippen LogP) is 2.86. The van der Waals surface area contributed by atoms with Gasteiger partial charge in [-0.3, -0.25) is 0 Å². The standard InChI is InChI=1S/C14H22N2/c1-11-7-12(2)9-14(8-11)16-10-13-5-3-4-6-15-13/h7-9,13,15-16H,3-6,10H2,1-2H3. The van der Waals surface area contributed by atoms with Crippen molar-refractivity contribution < 1.29 is 0 Å². The summed E-state index contributed by atoms with van der Waals surface area (Å²) < 4.78 is 0. The zero-order valence-electron chi connectivity index (χ0n) is 10.3. The molecule has 88 valence electrons. The van der Waals surface area contributed by atoms with Gasteiger partial charge in [-0.1, -0.05) is 12.5 Å². The van der Waals surface area contributed by atoms with Gasteiger partial charge < -0.3 is 10.6 Å². The second-order valence-corrected chi connectivity index (χ2v) is 4.90. The molecule has 0 spiro atoms. The third-order valence-electron chi connectivity index (χ3n) is 3.19. The first kappa shape index (κ1) is 11.5. The van der Waals surface area contributed by atoms with Crippen molar-refractivity contribution in [1.29, 1.82) is 0 Å². The van der Waals surface area contributed by atoms with Crippen LogP contribution in [-0.2, 0) is 0 Å². The lowest BCUT2D eigenvalue weighted by Gasteiger charge is -2.24. The van der Waals surface area contributed by atoms with E-state index in [2.05, 4.69) is 42.7 Å². The first-order valence-electron chi connectivity index (χ1n) is 6.29. The number of anilines is 1. The van der Waals surface area contributed by atoms with Crippen LogP contribution >= 0.6 is 0 Å². The molecule has 1 aromatic rings. The molecule has 2 heteroatoms. The molecule has 1 aliphatic heterocycles. The van der Waals surface area contributed by atoms with Gasteiger partial charge in [0.05, 0.1) is 0 Å². The summed E-state index contributed by atoms with van der Waals surface area (Å²) in [5.74, 6) is 0. The second kappa shape index (κ2) is 5.35. The van der Waals surface area contributed by atoms with E-state index in [1.165, 1.54) is 42.6 Å². The fraction of sp³-hybridized carbons (Fsp3) is 0.571. The van der Waals surface area contributed by atoms with E-state index in [1.807, 2.05) is 0 Å². The molecule has 0 amide bonds. The summed E-state index contributed by atoms with van der Waals surface area (Å²) in [5, 5.41) is 7.09. The second-order valence-electron chi connectivity index (χ2n) is 4.90. The monoisotopic (exact) mass is 218 g/mol. The average molecular weight is 218 g/mol. The molecule has 0 bridgehead atoms. The van der Waals surface area contributed by atoms with E-state index in [9.17, 15) is 0 Å². The number of hydrogen-bond donors (Lipinski definition) is 2. The van der Waals surface area contributed by atoms with Gasteiger partial charge >= 0.3 is 0 Å². The SMILES string of the molecule is Cc1cc(C)cc(NCC2CCCCN2)c1. The Morgan fingerprint density at radius 2 is 1.94 bits per heavy atom. The normalized spacial score (nSPS) is 20.8. The van der Waals surface area contributed by atoms with Crippen LogP contribution in [0.1, 0.15) is 30.4 Å². The molecule has 0 radical (unpaired) electrons. The van der Waals surface area contributed by atoms with Crippen LogP contribution in [0.2, 0.25) is 0 Å². The van der Waals surface area contributed by atoms with Crippen LogP contribution in [0.3, 0.4) is 0 Å². The van der Waals surface area contributed by atoms with Crippen LogP contribution in [0.4, 0.5) is 5.69 Å². The van der Waals surface area contributed by atoms with Crippen LogP contribution in [0, 0.1) is 13.8 Å². The minimum atomic E-state index is 0.648. The highest BCUT2D eigenvalue weighted by molar-refractivity contribution is 5.48. The molecule has 1 atom stereocenters. The average Bonchev–Trinajstić information content (AvgIpc) is 2.27. The number of nitrogens with one attached hydrogen (secondary N) is 2. The lowest BCUT2D eigenvalue weighted by molar-refractivity contribution is 0.414. The van der Waals surface area contributed by atoms with Crippen molar-refractivity contribution in [3.05, 3.63) is 29.3 Å². The van der Waals surface area contributed by atoms with E-state index in [-0.39, 0.29) is 0 Å². The molecule has 1 saturated heterocycles. The van der Waals surface area contributed by atoms with Gasteiger partial charge in [0.25, 0.3) is 0 Å². The Morgan fingerprint density at radius 3 is 2.56 bits per heavy atom. The van der Waals surface area contributed by atoms with Crippen LogP contribution < -0.4 is 10.6 Å². The summed E-state index contributed by atoms with van der Waals surface area (Å²) in [6.45, 7) is 6.52. The molecule has 1 unspecified atom stereocenters. The van der Waals surface area contributed by atoms with Gasteiger partial charge in [0, 0.05) is 18.3 Å². The minimum absolute atomic E-state index is 0.648. The van der Waals surface area contributed by atoms with E-state index >= 15 is 0 Å². The Labute approximate surface area is 98.4 Å². The Balaban J connectivity index is 1.88. The van der Waals surface area contributed by atoms with Crippen molar-refractivity contribution in [2.24, 2.45) is 0 Å². The maximum Gasteiger partial charge on any atom is 0.0346 e. The van der Waals surface area contributed by atoms with E-state index in [4.69, 9.17) is 0 Å². The number of benzene rings is 1. The topological polar surface area (TPSA) is 24.1 Å². The maximum atomic E-state index is 3.56. The molecule has 2 nitrogen and oxygen atoms in total. The van der Waals surface area contributed by atoms with Crippen molar-refractivity contribution in [3.8, 4) is 0 Å². The van der Waals surface area contributed by atoms with Crippen LogP contribution in [0.5, 0.6) is 0 Å².